The summed E-state index contributed by atoms with van der Waals surface area (Å²) in [4.78, 5) is 22.0. The first-order chi connectivity index (χ1) is 15.7. The summed E-state index contributed by atoms with van der Waals surface area (Å²) >= 11 is 6.11. The molecule has 3 aromatic rings. The first kappa shape index (κ1) is 21.4. The van der Waals surface area contributed by atoms with Crippen LogP contribution in [0.2, 0.25) is 5.02 Å². The van der Waals surface area contributed by atoms with Crippen LogP contribution >= 0.6 is 11.6 Å². The summed E-state index contributed by atoms with van der Waals surface area (Å²) < 4.78 is 41.0. The quantitative estimate of drug-likeness (QED) is 0.554. The Labute approximate surface area is 192 Å². The molecule has 1 aliphatic heterocycles. The van der Waals surface area contributed by atoms with Gasteiger partial charge in [0.15, 0.2) is 11.5 Å². The number of aryl methyl sites for hydroxylation is 1. The molecule has 1 aliphatic carbocycles. The molecule has 7 nitrogen and oxygen atoms in total. The Balaban J connectivity index is 1.43. The molecule has 1 amide bonds. The number of nitrogens with one attached hydrogen (secondary N) is 1. The van der Waals surface area contributed by atoms with E-state index in [4.69, 9.17) is 16.3 Å². The van der Waals surface area contributed by atoms with E-state index in [1.165, 1.54) is 25.4 Å². The van der Waals surface area contributed by atoms with Crippen molar-refractivity contribution in [3.8, 4) is 28.6 Å². The van der Waals surface area contributed by atoms with Gasteiger partial charge in [0.25, 0.3) is 0 Å². The zero-order chi connectivity index (χ0) is 23.4. The first-order valence-corrected chi connectivity index (χ1v) is 10.5. The zero-order valence-corrected chi connectivity index (χ0v) is 18.4. The minimum absolute atomic E-state index is 0.0612. The Morgan fingerprint density at radius 3 is 2.64 bits per heavy atom. The van der Waals surface area contributed by atoms with Gasteiger partial charge >= 0.3 is 6.29 Å². The molecule has 10 heteroatoms. The topological polar surface area (TPSA) is 82.6 Å². The zero-order valence-electron chi connectivity index (χ0n) is 17.6. The highest BCUT2D eigenvalue weighted by Gasteiger charge is 2.53. The van der Waals surface area contributed by atoms with E-state index < -0.39 is 11.7 Å². The second-order valence-corrected chi connectivity index (χ2v) is 8.37. The average Bonchev–Trinajstić information content (AvgIpc) is 3.52. The van der Waals surface area contributed by atoms with E-state index in [0.29, 0.717) is 46.4 Å². The molecule has 0 saturated heterocycles. The number of methoxy groups -OCH3 is 1. The fourth-order valence-electron chi connectivity index (χ4n) is 3.88. The lowest BCUT2D eigenvalue weighted by atomic mass is 9.94. The summed E-state index contributed by atoms with van der Waals surface area (Å²) in [6.45, 7) is 1.87. The number of amides is 1. The molecular weight excluding hydrogens is 456 g/mol. The summed E-state index contributed by atoms with van der Waals surface area (Å²) in [6.07, 6.45) is -1.10. The third-order valence-electron chi connectivity index (χ3n) is 5.74. The van der Waals surface area contributed by atoms with E-state index in [1.807, 2.05) is 13.0 Å². The SMILES string of the molecule is COc1ncc(Cl)cc1-c1nc(NC(=O)C2(c3ccc4c(c3)OC(F)(F)O4)CC2)ccc1C. The van der Waals surface area contributed by atoms with Crippen LogP contribution in [0.15, 0.2) is 42.6 Å². The number of hydrogen-bond donors (Lipinski definition) is 1. The van der Waals surface area contributed by atoms with Gasteiger partial charge in [0.2, 0.25) is 11.8 Å². The number of anilines is 1. The van der Waals surface area contributed by atoms with Crippen LogP contribution in [0.1, 0.15) is 24.0 Å². The van der Waals surface area contributed by atoms with Gasteiger partial charge in [0.05, 0.1) is 28.8 Å². The van der Waals surface area contributed by atoms with Crippen molar-refractivity contribution in [2.75, 3.05) is 12.4 Å². The van der Waals surface area contributed by atoms with Crippen molar-refractivity contribution < 1.29 is 27.8 Å². The van der Waals surface area contributed by atoms with E-state index >= 15 is 0 Å². The van der Waals surface area contributed by atoms with Gasteiger partial charge in [-0.2, -0.15) is 0 Å². The Hall–Kier alpha value is -3.46. The number of aromatic nitrogens is 2. The van der Waals surface area contributed by atoms with Gasteiger partial charge in [-0.15, -0.1) is 8.78 Å². The van der Waals surface area contributed by atoms with E-state index in [1.54, 1.807) is 18.2 Å². The van der Waals surface area contributed by atoms with Crippen LogP contribution in [-0.2, 0) is 10.2 Å². The molecule has 3 heterocycles. The Morgan fingerprint density at radius 1 is 1.15 bits per heavy atom. The van der Waals surface area contributed by atoms with Gasteiger partial charge in [-0.1, -0.05) is 23.7 Å². The second kappa shape index (κ2) is 7.55. The molecule has 2 aromatic heterocycles. The third-order valence-corrected chi connectivity index (χ3v) is 5.95. The van der Waals surface area contributed by atoms with Crippen molar-refractivity contribution in [3.05, 3.63) is 58.7 Å². The summed E-state index contributed by atoms with van der Waals surface area (Å²) in [5, 5.41) is 3.28. The maximum absolute atomic E-state index is 13.4. The summed E-state index contributed by atoms with van der Waals surface area (Å²) in [6, 6.07) is 9.63. The number of halogens is 3. The highest BCUT2D eigenvalue weighted by atomic mass is 35.5. The summed E-state index contributed by atoms with van der Waals surface area (Å²) in [7, 11) is 1.50. The largest absolute Gasteiger partial charge is 0.586 e. The van der Waals surface area contributed by atoms with Gasteiger partial charge < -0.3 is 19.5 Å². The number of carbonyl (C=O) groups is 1. The predicted octanol–water partition coefficient (Wildman–Crippen LogP) is 5.11. The van der Waals surface area contributed by atoms with Crippen LogP contribution in [0.4, 0.5) is 14.6 Å². The molecule has 170 valence electrons. The average molecular weight is 474 g/mol. The maximum atomic E-state index is 13.4. The van der Waals surface area contributed by atoms with Crippen molar-refractivity contribution in [3.63, 3.8) is 0 Å². The van der Waals surface area contributed by atoms with Crippen molar-refractivity contribution in [1.29, 1.82) is 0 Å². The molecule has 5 rings (SSSR count). The minimum atomic E-state index is -3.71. The number of nitrogens with zero attached hydrogens (tertiary/aromatic N) is 2. The molecule has 1 saturated carbocycles. The molecule has 33 heavy (non-hydrogen) atoms. The van der Waals surface area contributed by atoms with Crippen LogP contribution in [-0.4, -0.2) is 29.3 Å². The van der Waals surface area contributed by atoms with Gasteiger partial charge in [0, 0.05) is 6.20 Å². The molecule has 2 aliphatic rings. The predicted molar refractivity (Wildman–Crippen MR) is 116 cm³/mol. The molecule has 0 radical (unpaired) electrons. The standard InChI is InChI=1S/C23H18ClF2N3O4/c1-12-3-6-18(28-19(12)15-10-14(24)11-27-20(15)31-2)29-21(30)22(7-8-22)13-4-5-16-17(9-13)33-23(25,26)32-16/h3-6,9-11H,7-8H2,1-2H3,(H,28,29,30). The van der Waals surface area contributed by atoms with Crippen LogP contribution < -0.4 is 19.5 Å². The van der Waals surface area contributed by atoms with Gasteiger partial charge in [0.1, 0.15) is 5.82 Å². The number of alkyl halides is 2. The number of carbonyl (C=O) groups excluding carboxylic acids is 1. The Bertz CT molecular complexity index is 1280. The monoisotopic (exact) mass is 473 g/mol. The molecule has 1 fully saturated rings. The fraction of sp³-hybridized carbons (Fsp3) is 0.261. The lowest BCUT2D eigenvalue weighted by Gasteiger charge is -2.17. The molecule has 0 spiro atoms. The number of fused-ring (bicyclic) bond motifs is 1. The number of benzene rings is 1. The third kappa shape index (κ3) is 3.82. The lowest BCUT2D eigenvalue weighted by molar-refractivity contribution is -0.286. The highest BCUT2D eigenvalue weighted by molar-refractivity contribution is 6.30. The van der Waals surface area contributed by atoms with Gasteiger partial charge in [-0.3, -0.25) is 4.79 Å². The summed E-state index contributed by atoms with van der Waals surface area (Å²) in [5.74, 6) is 0.254. The molecule has 1 aromatic carbocycles. The van der Waals surface area contributed by atoms with Crippen molar-refractivity contribution in [1.82, 2.24) is 9.97 Å². The molecule has 0 atom stereocenters. The van der Waals surface area contributed by atoms with E-state index in [0.717, 1.165) is 5.56 Å². The number of ether oxygens (including phenoxy) is 3. The minimum Gasteiger partial charge on any atom is -0.481 e. The molecule has 1 N–H and O–H groups in total. The van der Waals surface area contributed by atoms with Crippen LogP contribution in [0.5, 0.6) is 17.4 Å². The Kier molecular flexibility index (Phi) is 4.89. The van der Waals surface area contributed by atoms with Crippen LogP contribution in [0, 0.1) is 6.92 Å². The number of rotatable bonds is 5. The van der Waals surface area contributed by atoms with E-state index in [-0.39, 0.29) is 17.4 Å². The number of pyridine rings is 2. The van der Waals surface area contributed by atoms with E-state index in [2.05, 4.69) is 24.8 Å². The lowest BCUT2D eigenvalue weighted by Crippen LogP contribution is -2.28. The van der Waals surface area contributed by atoms with Gasteiger partial charge in [-0.25, -0.2) is 9.97 Å². The van der Waals surface area contributed by atoms with E-state index in [9.17, 15) is 13.6 Å². The van der Waals surface area contributed by atoms with Gasteiger partial charge in [-0.05, 0) is 55.2 Å². The maximum Gasteiger partial charge on any atom is 0.586 e. The molecule has 0 bridgehead atoms. The van der Waals surface area contributed by atoms with Crippen molar-refractivity contribution in [2.24, 2.45) is 0 Å². The number of hydrogen-bond acceptors (Lipinski definition) is 6. The van der Waals surface area contributed by atoms with Crippen molar-refractivity contribution in [2.45, 2.75) is 31.5 Å². The molecule has 0 unspecified atom stereocenters. The first-order valence-electron chi connectivity index (χ1n) is 10.1. The second-order valence-electron chi connectivity index (χ2n) is 7.94. The molecular formula is C23H18ClF2N3O4. The highest BCUT2D eigenvalue weighted by Crippen LogP contribution is 2.52. The normalized spacial score (nSPS) is 16.9. The Morgan fingerprint density at radius 2 is 1.91 bits per heavy atom. The van der Waals surface area contributed by atoms with Crippen molar-refractivity contribution >= 4 is 23.3 Å². The van der Waals surface area contributed by atoms with Crippen LogP contribution in [0.3, 0.4) is 0 Å². The van der Waals surface area contributed by atoms with Crippen LogP contribution in [0.25, 0.3) is 11.3 Å². The summed E-state index contributed by atoms with van der Waals surface area (Å²) in [5.41, 5.74) is 1.73. The smallest absolute Gasteiger partial charge is 0.481 e. The fourth-order valence-corrected chi connectivity index (χ4v) is 4.04.